The summed E-state index contributed by atoms with van der Waals surface area (Å²) in [6.45, 7) is 6.23. The summed E-state index contributed by atoms with van der Waals surface area (Å²) in [5.41, 5.74) is 5.17. The van der Waals surface area contributed by atoms with Crippen LogP contribution in [-0.4, -0.2) is 41.2 Å². The monoisotopic (exact) mass is 365 g/mol. The van der Waals surface area contributed by atoms with Gasteiger partial charge >= 0.3 is 0 Å². The molecule has 4 nitrogen and oxygen atoms in total. The van der Waals surface area contributed by atoms with Crippen molar-refractivity contribution in [2.45, 2.75) is 58.6 Å². The van der Waals surface area contributed by atoms with Gasteiger partial charge < -0.3 is 14.2 Å². The largest absolute Gasteiger partial charge is 0.491 e. The molecule has 144 valence electrons. The number of benzene rings is 1. The lowest BCUT2D eigenvalue weighted by Gasteiger charge is -2.15. The van der Waals surface area contributed by atoms with Gasteiger partial charge in [0.25, 0.3) is 0 Å². The number of pyridine rings is 1. The molecule has 1 aromatic carbocycles. The third kappa shape index (κ3) is 3.68. The smallest absolute Gasteiger partial charge is 0.141 e. The molecule has 0 unspecified atom stereocenters. The highest BCUT2D eigenvalue weighted by atomic mass is 16.5. The van der Waals surface area contributed by atoms with Gasteiger partial charge in [-0.1, -0.05) is 0 Å². The second-order valence-corrected chi connectivity index (χ2v) is 8.33. The number of hydrogen-bond acceptors (Lipinski definition) is 3. The van der Waals surface area contributed by atoms with Crippen molar-refractivity contribution in [3.05, 3.63) is 35.5 Å². The van der Waals surface area contributed by atoms with Crippen LogP contribution in [-0.2, 0) is 19.4 Å². The molecule has 27 heavy (non-hydrogen) atoms. The van der Waals surface area contributed by atoms with Crippen molar-refractivity contribution >= 4 is 21.9 Å². The Balaban J connectivity index is 1.86. The van der Waals surface area contributed by atoms with Crippen LogP contribution in [0.5, 0.6) is 5.75 Å². The molecular formula is C23H31N3O. The van der Waals surface area contributed by atoms with Crippen LogP contribution in [0.2, 0.25) is 0 Å². The van der Waals surface area contributed by atoms with Crippen LogP contribution in [0.3, 0.4) is 0 Å². The van der Waals surface area contributed by atoms with E-state index in [2.05, 4.69) is 61.7 Å². The van der Waals surface area contributed by atoms with Crippen LogP contribution in [0.1, 0.15) is 44.4 Å². The molecule has 3 aromatic rings. The van der Waals surface area contributed by atoms with E-state index in [1.165, 1.54) is 40.4 Å². The molecular weight excluding hydrogens is 334 g/mol. The van der Waals surface area contributed by atoms with Crippen molar-refractivity contribution in [2.75, 3.05) is 20.6 Å². The molecule has 0 spiro atoms. The van der Waals surface area contributed by atoms with E-state index in [1.807, 2.05) is 0 Å². The fraction of sp³-hybridized carbons (Fsp3) is 0.522. The van der Waals surface area contributed by atoms with Gasteiger partial charge in [0, 0.05) is 23.0 Å². The SMILES string of the molecule is CC(C)Oc1ccc2c(c1)c1cc3c(nc1n2CCCN(C)C)CCCC3. The Hall–Kier alpha value is -2.07. The van der Waals surface area contributed by atoms with E-state index >= 15 is 0 Å². The van der Waals surface area contributed by atoms with Crippen LogP contribution < -0.4 is 4.74 Å². The fourth-order valence-corrected chi connectivity index (χ4v) is 4.22. The number of nitrogens with zero attached hydrogens (tertiary/aromatic N) is 3. The number of aryl methyl sites for hydroxylation is 3. The minimum Gasteiger partial charge on any atom is -0.491 e. The lowest BCUT2D eigenvalue weighted by atomic mass is 9.95. The Morgan fingerprint density at radius 3 is 2.70 bits per heavy atom. The lowest BCUT2D eigenvalue weighted by molar-refractivity contribution is 0.243. The van der Waals surface area contributed by atoms with Gasteiger partial charge in [-0.05, 0) is 96.4 Å². The van der Waals surface area contributed by atoms with E-state index < -0.39 is 0 Å². The molecule has 0 atom stereocenters. The molecule has 2 aromatic heterocycles. The first-order valence-electron chi connectivity index (χ1n) is 10.3. The van der Waals surface area contributed by atoms with E-state index in [-0.39, 0.29) is 6.10 Å². The van der Waals surface area contributed by atoms with Gasteiger partial charge in [-0.15, -0.1) is 0 Å². The topological polar surface area (TPSA) is 30.3 Å². The Bertz CT molecular complexity index is 955. The zero-order valence-corrected chi connectivity index (χ0v) is 17.1. The Morgan fingerprint density at radius 2 is 1.93 bits per heavy atom. The van der Waals surface area contributed by atoms with Gasteiger partial charge in [-0.25, -0.2) is 4.98 Å². The molecule has 0 aliphatic heterocycles. The Labute approximate surface area is 162 Å². The van der Waals surface area contributed by atoms with E-state index in [9.17, 15) is 0 Å². The first-order chi connectivity index (χ1) is 13.0. The minimum atomic E-state index is 0.182. The maximum atomic E-state index is 5.97. The van der Waals surface area contributed by atoms with Crippen molar-refractivity contribution in [3.8, 4) is 5.75 Å². The predicted molar refractivity (Wildman–Crippen MR) is 113 cm³/mol. The molecule has 1 aliphatic rings. The summed E-state index contributed by atoms with van der Waals surface area (Å²) in [4.78, 5) is 7.40. The van der Waals surface area contributed by atoms with Crippen molar-refractivity contribution < 1.29 is 4.74 Å². The zero-order chi connectivity index (χ0) is 19.0. The van der Waals surface area contributed by atoms with Crippen LogP contribution in [0, 0.1) is 0 Å². The molecule has 4 rings (SSSR count). The van der Waals surface area contributed by atoms with Gasteiger partial charge in [-0.2, -0.15) is 0 Å². The van der Waals surface area contributed by atoms with Crippen LogP contribution in [0.15, 0.2) is 24.3 Å². The Kier molecular flexibility index (Phi) is 5.09. The summed E-state index contributed by atoms with van der Waals surface area (Å²) in [5, 5.41) is 2.55. The minimum absolute atomic E-state index is 0.182. The molecule has 4 heteroatoms. The van der Waals surface area contributed by atoms with Crippen molar-refractivity contribution in [2.24, 2.45) is 0 Å². The zero-order valence-electron chi connectivity index (χ0n) is 17.1. The summed E-state index contributed by atoms with van der Waals surface area (Å²) in [7, 11) is 4.27. The van der Waals surface area contributed by atoms with Gasteiger partial charge in [0.15, 0.2) is 0 Å². The van der Waals surface area contributed by atoms with Crippen molar-refractivity contribution in [3.63, 3.8) is 0 Å². The predicted octanol–water partition coefficient (Wildman–Crippen LogP) is 4.81. The average molecular weight is 366 g/mol. The van der Waals surface area contributed by atoms with Crippen molar-refractivity contribution in [1.29, 1.82) is 0 Å². The molecule has 1 aliphatic carbocycles. The highest BCUT2D eigenvalue weighted by Crippen LogP contribution is 2.34. The van der Waals surface area contributed by atoms with Gasteiger partial charge in [0.1, 0.15) is 11.4 Å². The van der Waals surface area contributed by atoms with E-state index in [4.69, 9.17) is 9.72 Å². The molecule has 0 fully saturated rings. The van der Waals surface area contributed by atoms with Crippen molar-refractivity contribution in [1.82, 2.24) is 14.5 Å². The lowest BCUT2D eigenvalue weighted by Crippen LogP contribution is -2.15. The quantitative estimate of drug-likeness (QED) is 0.628. The van der Waals surface area contributed by atoms with Crippen LogP contribution >= 0.6 is 0 Å². The standard InChI is InChI=1S/C23H31N3O/c1-16(2)27-18-10-11-22-19(15-18)20-14-17-8-5-6-9-21(17)24-23(20)26(22)13-7-12-25(3)4/h10-11,14-16H,5-9,12-13H2,1-4H3. The number of rotatable bonds is 6. The second-order valence-electron chi connectivity index (χ2n) is 8.33. The highest BCUT2D eigenvalue weighted by Gasteiger charge is 2.18. The average Bonchev–Trinajstić information content (AvgIpc) is 2.92. The summed E-state index contributed by atoms with van der Waals surface area (Å²) in [6.07, 6.45) is 6.12. The summed E-state index contributed by atoms with van der Waals surface area (Å²) >= 11 is 0. The summed E-state index contributed by atoms with van der Waals surface area (Å²) in [6, 6.07) is 8.92. The normalized spacial score (nSPS) is 14.4. The van der Waals surface area contributed by atoms with E-state index in [0.29, 0.717) is 0 Å². The summed E-state index contributed by atoms with van der Waals surface area (Å²) in [5.74, 6) is 0.947. The first kappa shape index (κ1) is 18.3. The molecule has 0 saturated heterocycles. The van der Waals surface area contributed by atoms with E-state index in [1.54, 1.807) is 0 Å². The van der Waals surface area contributed by atoms with E-state index in [0.717, 1.165) is 43.7 Å². The number of ether oxygens (including phenoxy) is 1. The number of hydrogen-bond donors (Lipinski definition) is 0. The molecule has 0 radical (unpaired) electrons. The second kappa shape index (κ2) is 7.51. The first-order valence-corrected chi connectivity index (χ1v) is 10.3. The highest BCUT2D eigenvalue weighted by molar-refractivity contribution is 6.07. The third-order valence-corrected chi connectivity index (χ3v) is 5.44. The number of fused-ring (bicyclic) bond motifs is 4. The van der Waals surface area contributed by atoms with Crippen LogP contribution in [0.25, 0.3) is 21.9 Å². The molecule has 2 heterocycles. The maximum absolute atomic E-state index is 5.97. The fourth-order valence-electron chi connectivity index (χ4n) is 4.22. The third-order valence-electron chi connectivity index (χ3n) is 5.44. The molecule has 0 N–H and O–H groups in total. The number of aromatic nitrogens is 2. The maximum Gasteiger partial charge on any atom is 0.141 e. The van der Waals surface area contributed by atoms with Gasteiger partial charge in [0.2, 0.25) is 0 Å². The summed E-state index contributed by atoms with van der Waals surface area (Å²) < 4.78 is 8.39. The molecule has 0 bridgehead atoms. The molecule has 0 saturated carbocycles. The van der Waals surface area contributed by atoms with Crippen LogP contribution in [0.4, 0.5) is 0 Å². The Morgan fingerprint density at radius 1 is 1.11 bits per heavy atom. The van der Waals surface area contributed by atoms with Gasteiger partial charge in [0.05, 0.1) is 11.6 Å². The molecule has 0 amide bonds. The van der Waals surface area contributed by atoms with Gasteiger partial charge in [-0.3, -0.25) is 0 Å².